The van der Waals surface area contributed by atoms with Crippen molar-refractivity contribution in [3.05, 3.63) is 29.3 Å². The highest BCUT2D eigenvalue weighted by molar-refractivity contribution is 6.30. The maximum atomic E-state index is 12.9. The predicted molar refractivity (Wildman–Crippen MR) is 94.1 cm³/mol. The van der Waals surface area contributed by atoms with Crippen LogP contribution in [0.25, 0.3) is 0 Å². The predicted octanol–water partition coefficient (Wildman–Crippen LogP) is 3.44. The van der Waals surface area contributed by atoms with Gasteiger partial charge in [0, 0.05) is 24.2 Å². The molecule has 0 radical (unpaired) electrons. The molecule has 4 nitrogen and oxygen atoms in total. The molecule has 1 aliphatic heterocycles. The number of hydrogen-bond donors (Lipinski definition) is 0. The van der Waals surface area contributed by atoms with Crippen molar-refractivity contribution in [1.82, 2.24) is 9.80 Å². The second kappa shape index (κ2) is 7.54. The number of hydrogen-bond acceptors (Lipinski definition) is 3. The molecule has 0 aliphatic carbocycles. The molecule has 128 valence electrons. The maximum absolute atomic E-state index is 12.9. The highest BCUT2D eigenvalue weighted by Gasteiger charge is 2.35. The molecule has 23 heavy (non-hydrogen) atoms. The number of carbonyl (C=O) groups excluding carboxylic acids is 1. The molecule has 1 saturated heterocycles. The lowest BCUT2D eigenvalue weighted by Gasteiger charge is -2.32. The van der Waals surface area contributed by atoms with Gasteiger partial charge in [-0.15, -0.1) is 0 Å². The Hall–Kier alpha value is -1.26. The van der Waals surface area contributed by atoms with Gasteiger partial charge >= 0.3 is 0 Å². The van der Waals surface area contributed by atoms with E-state index in [1.165, 1.54) is 0 Å². The number of rotatable bonds is 4. The first-order valence-corrected chi connectivity index (χ1v) is 8.58. The fourth-order valence-corrected chi connectivity index (χ4v) is 3.23. The van der Waals surface area contributed by atoms with Gasteiger partial charge in [0.2, 0.25) is 0 Å². The summed E-state index contributed by atoms with van der Waals surface area (Å²) in [5, 5.41) is 0.606. The van der Waals surface area contributed by atoms with Crippen molar-refractivity contribution in [3.8, 4) is 5.75 Å². The van der Waals surface area contributed by atoms with Crippen LogP contribution < -0.4 is 4.74 Å². The van der Waals surface area contributed by atoms with Gasteiger partial charge in [0.1, 0.15) is 5.75 Å². The Bertz CT molecular complexity index is 546. The van der Waals surface area contributed by atoms with Crippen LogP contribution in [-0.2, 0) is 4.79 Å². The van der Waals surface area contributed by atoms with Gasteiger partial charge in [-0.2, -0.15) is 0 Å². The Labute approximate surface area is 144 Å². The quantitative estimate of drug-likeness (QED) is 0.843. The zero-order valence-corrected chi connectivity index (χ0v) is 15.3. The summed E-state index contributed by atoms with van der Waals surface area (Å²) < 4.78 is 5.93. The molecular formula is C18H27ClN2O2. The largest absolute Gasteiger partial charge is 0.478 e. The third-order valence-electron chi connectivity index (χ3n) is 4.40. The van der Waals surface area contributed by atoms with E-state index >= 15 is 0 Å². The minimum absolute atomic E-state index is 0.0388. The van der Waals surface area contributed by atoms with Crippen LogP contribution in [0.3, 0.4) is 0 Å². The van der Waals surface area contributed by atoms with E-state index in [9.17, 15) is 4.79 Å². The first kappa shape index (κ1) is 18.1. The van der Waals surface area contributed by atoms with Gasteiger partial charge in [-0.1, -0.05) is 17.7 Å². The van der Waals surface area contributed by atoms with Gasteiger partial charge in [-0.3, -0.25) is 4.79 Å². The lowest BCUT2D eigenvalue weighted by Crippen LogP contribution is -2.49. The molecule has 1 aliphatic rings. The normalized spacial score (nSPS) is 19.6. The van der Waals surface area contributed by atoms with Crippen molar-refractivity contribution < 1.29 is 9.53 Å². The number of carbonyl (C=O) groups is 1. The van der Waals surface area contributed by atoms with Crippen molar-refractivity contribution >= 4 is 17.5 Å². The summed E-state index contributed by atoms with van der Waals surface area (Å²) >= 11 is 5.99. The number of halogens is 1. The Morgan fingerprint density at radius 1 is 1.30 bits per heavy atom. The van der Waals surface area contributed by atoms with E-state index in [1.807, 2.05) is 30.9 Å². The van der Waals surface area contributed by atoms with Gasteiger partial charge in [0.15, 0.2) is 5.60 Å². The number of benzene rings is 1. The lowest BCUT2D eigenvalue weighted by atomic mass is 10.1. The number of ether oxygens (including phenoxy) is 1. The molecule has 1 fully saturated rings. The SMILES string of the molecule is CN(C)[C@H]1CCCN(C(=O)C(C)(C)Oc2cccc(Cl)c2)CC1. The van der Waals surface area contributed by atoms with E-state index in [2.05, 4.69) is 19.0 Å². The second-order valence-corrected chi connectivity index (χ2v) is 7.35. The van der Waals surface area contributed by atoms with Crippen molar-refractivity contribution in [2.75, 3.05) is 27.2 Å². The molecule has 1 heterocycles. The van der Waals surface area contributed by atoms with E-state index in [-0.39, 0.29) is 5.91 Å². The van der Waals surface area contributed by atoms with Crippen LogP contribution in [0.4, 0.5) is 0 Å². The van der Waals surface area contributed by atoms with E-state index in [0.29, 0.717) is 16.8 Å². The van der Waals surface area contributed by atoms with E-state index in [0.717, 1.165) is 32.4 Å². The molecule has 0 N–H and O–H groups in total. The Morgan fingerprint density at radius 2 is 2.04 bits per heavy atom. The van der Waals surface area contributed by atoms with Gasteiger partial charge in [0.05, 0.1) is 0 Å². The molecule has 0 bridgehead atoms. The smallest absolute Gasteiger partial charge is 0.266 e. The molecular weight excluding hydrogens is 312 g/mol. The number of nitrogens with zero attached hydrogens (tertiary/aromatic N) is 2. The highest BCUT2D eigenvalue weighted by atomic mass is 35.5. The summed E-state index contributed by atoms with van der Waals surface area (Å²) in [7, 11) is 4.21. The van der Waals surface area contributed by atoms with Gasteiger partial charge in [0.25, 0.3) is 5.91 Å². The number of amides is 1. The molecule has 0 unspecified atom stereocenters. The summed E-state index contributed by atoms with van der Waals surface area (Å²) in [5.41, 5.74) is -0.900. The summed E-state index contributed by atoms with van der Waals surface area (Å²) in [5.74, 6) is 0.661. The monoisotopic (exact) mass is 338 g/mol. The van der Waals surface area contributed by atoms with Gasteiger partial charge in [-0.05, 0) is 65.4 Å². The standard InChI is InChI=1S/C18H27ClN2O2/c1-18(2,23-16-9-5-7-14(19)13-16)17(22)21-11-6-8-15(10-12-21)20(3)4/h5,7,9,13,15H,6,8,10-12H2,1-4H3/t15-/m0/s1. The fourth-order valence-electron chi connectivity index (χ4n) is 3.05. The highest BCUT2D eigenvalue weighted by Crippen LogP contribution is 2.25. The third-order valence-corrected chi connectivity index (χ3v) is 4.63. The zero-order valence-electron chi connectivity index (χ0n) is 14.5. The van der Waals surface area contributed by atoms with Crippen molar-refractivity contribution in [3.63, 3.8) is 0 Å². The third kappa shape index (κ3) is 4.85. The summed E-state index contributed by atoms with van der Waals surface area (Å²) in [6, 6.07) is 7.72. The van der Waals surface area contributed by atoms with Crippen LogP contribution in [-0.4, -0.2) is 54.5 Å². The molecule has 1 amide bonds. The van der Waals surface area contributed by atoms with E-state index in [4.69, 9.17) is 16.3 Å². The van der Waals surface area contributed by atoms with Crippen LogP contribution >= 0.6 is 11.6 Å². The van der Waals surface area contributed by atoms with E-state index in [1.54, 1.807) is 12.1 Å². The topological polar surface area (TPSA) is 32.8 Å². The summed E-state index contributed by atoms with van der Waals surface area (Å²) in [6.07, 6.45) is 3.17. The maximum Gasteiger partial charge on any atom is 0.266 e. The average Bonchev–Trinajstić information content (AvgIpc) is 2.71. The second-order valence-electron chi connectivity index (χ2n) is 6.91. The molecule has 5 heteroatoms. The van der Waals surface area contributed by atoms with Crippen molar-refractivity contribution in [1.29, 1.82) is 0 Å². The molecule has 0 saturated carbocycles. The van der Waals surface area contributed by atoms with Gasteiger partial charge in [-0.25, -0.2) is 0 Å². The molecule has 0 aromatic heterocycles. The molecule has 1 atom stereocenters. The first-order chi connectivity index (χ1) is 10.8. The Kier molecular flexibility index (Phi) is 5.93. The Morgan fingerprint density at radius 3 is 2.70 bits per heavy atom. The average molecular weight is 339 g/mol. The first-order valence-electron chi connectivity index (χ1n) is 8.20. The fraction of sp³-hybridized carbons (Fsp3) is 0.611. The van der Waals surface area contributed by atoms with Crippen molar-refractivity contribution in [2.24, 2.45) is 0 Å². The van der Waals surface area contributed by atoms with Crippen LogP contribution in [0.5, 0.6) is 5.75 Å². The lowest BCUT2D eigenvalue weighted by molar-refractivity contribution is -0.145. The van der Waals surface area contributed by atoms with Crippen LogP contribution in [0, 0.1) is 0 Å². The zero-order chi connectivity index (χ0) is 17.0. The van der Waals surface area contributed by atoms with E-state index < -0.39 is 5.60 Å². The Balaban J connectivity index is 2.03. The van der Waals surface area contributed by atoms with Crippen molar-refractivity contribution in [2.45, 2.75) is 44.8 Å². The molecule has 1 aromatic carbocycles. The summed E-state index contributed by atoms with van der Waals surface area (Å²) in [4.78, 5) is 17.1. The molecule has 0 spiro atoms. The van der Waals surface area contributed by atoms with Crippen LogP contribution in [0.2, 0.25) is 5.02 Å². The number of likely N-dealkylation sites (tertiary alicyclic amines) is 1. The van der Waals surface area contributed by atoms with Gasteiger partial charge < -0.3 is 14.5 Å². The minimum Gasteiger partial charge on any atom is -0.478 e. The van der Waals surface area contributed by atoms with Crippen LogP contribution in [0.15, 0.2) is 24.3 Å². The summed E-state index contributed by atoms with van der Waals surface area (Å²) in [6.45, 7) is 5.23. The molecule has 2 rings (SSSR count). The molecule has 1 aromatic rings. The van der Waals surface area contributed by atoms with Crippen LogP contribution in [0.1, 0.15) is 33.1 Å². The minimum atomic E-state index is -0.900.